The van der Waals surface area contributed by atoms with Gasteiger partial charge in [0, 0.05) is 29.8 Å². The standard InChI is InChI=1S/C19H21N3O4S/c1-25-13-3-2-4-14(9-13)26-11-17(23)22-8-7-15-16(10-22)27-19(20-15)21-18(24)12-5-6-12/h2-4,9,12H,5-8,10-11H2,1H3,(H,20,21,24). The molecule has 0 atom stereocenters. The van der Waals surface area contributed by atoms with Crippen LogP contribution in [0.15, 0.2) is 24.3 Å². The van der Waals surface area contributed by atoms with Crippen LogP contribution in [0.5, 0.6) is 11.5 Å². The molecule has 4 rings (SSSR count). The van der Waals surface area contributed by atoms with Crippen molar-refractivity contribution in [2.24, 2.45) is 5.92 Å². The maximum absolute atomic E-state index is 12.5. The van der Waals surface area contributed by atoms with Crippen LogP contribution in [0.1, 0.15) is 23.4 Å². The summed E-state index contributed by atoms with van der Waals surface area (Å²) in [5, 5.41) is 3.53. The predicted molar refractivity (Wildman–Crippen MR) is 101 cm³/mol. The van der Waals surface area contributed by atoms with Gasteiger partial charge in [0.05, 0.1) is 19.3 Å². The molecular weight excluding hydrogens is 366 g/mol. The fourth-order valence-corrected chi connectivity index (χ4v) is 3.97. The van der Waals surface area contributed by atoms with Crippen LogP contribution in [0.2, 0.25) is 0 Å². The van der Waals surface area contributed by atoms with Crippen LogP contribution < -0.4 is 14.8 Å². The normalized spacial score (nSPS) is 15.8. The molecule has 0 radical (unpaired) electrons. The average Bonchev–Trinajstić information content (AvgIpc) is 3.46. The van der Waals surface area contributed by atoms with Gasteiger partial charge in [-0.2, -0.15) is 0 Å². The Labute approximate surface area is 161 Å². The summed E-state index contributed by atoms with van der Waals surface area (Å²) in [6.07, 6.45) is 2.62. The van der Waals surface area contributed by atoms with Crippen LogP contribution >= 0.6 is 11.3 Å². The van der Waals surface area contributed by atoms with E-state index < -0.39 is 0 Å². The number of carbonyl (C=O) groups is 2. The van der Waals surface area contributed by atoms with Crippen molar-refractivity contribution in [2.45, 2.75) is 25.8 Å². The third-order valence-corrected chi connectivity index (χ3v) is 5.66. The minimum atomic E-state index is -0.0690. The number of methoxy groups -OCH3 is 1. The van der Waals surface area contributed by atoms with Crippen molar-refractivity contribution in [3.63, 3.8) is 0 Å². The van der Waals surface area contributed by atoms with Gasteiger partial charge >= 0.3 is 0 Å². The van der Waals surface area contributed by atoms with Crippen LogP contribution in [0.25, 0.3) is 0 Å². The highest BCUT2D eigenvalue weighted by Crippen LogP contribution is 2.33. The third-order valence-electron chi connectivity index (χ3n) is 4.67. The highest BCUT2D eigenvalue weighted by atomic mass is 32.1. The van der Waals surface area contributed by atoms with E-state index >= 15 is 0 Å². The first-order valence-electron chi connectivity index (χ1n) is 8.96. The molecule has 1 aromatic carbocycles. The first kappa shape index (κ1) is 17.8. The number of hydrogen-bond donors (Lipinski definition) is 1. The van der Waals surface area contributed by atoms with Gasteiger partial charge in [-0.15, -0.1) is 0 Å². The quantitative estimate of drug-likeness (QED) is 0.824. The molecule has 7 nitrogen and oxygen atoms in total. The van der Waals surface area contributed by atoms with Crippen molar-refractivity contribution in [1.29, 1.82) is 0 Å². The largest absolute Gasteiger partial charge is 0.497 e. The summed E-state index contributed by atoms with van der Waals surface area (Å²) in [4.78, 5) is 31.7. The number of fused-ring (bicyclic) bond motifs is 1. The number of aromatic nitrogens is 1. The highest BCUT2D eigenvalue weighted by molar-refractivity contribution is 7.15. The van der Waals surface area contributed by atoms with E-state index in [1.807, 2.05) is 12.1 Å². The summed E-state index contributed by atoms with van der Waals surface area (Å²) in [6, 6.07) is 7.19. The molecule has 1 saturated carbocycles. The summed E-state index contributed by atoms with van der Waals surface area (Å²) >= 11 is 1.46. The Morgan fingerprint density at radius 1 is 1.33 bits per heavy atom. The molecule has 0 bridgehead atoms. The molecule has 142 valence electrons. The molecule has 2 aromatic rings. The van der Waals surface area contributed by atoms with E-state index in [0.717, 1.165) is 23.4 Å². The van der Waals surface area contributed by atoms with Crippen LogP contribution in [0.4, 0.5) is 5.13 Å². The molecule has 0 saturated heterocycles. The van der Waals surface area contributed by atoms with Crippen molar-refractivity contribution in [2.75, 3.05) is 25.6 Å². The first-order chi connectivity index (χ1) is 13.1. The van der Waals surface area contributed by atoms with Gasteiger partial charge < -0.3 is 19.7 Å². The lowest BCUT2D eigenvalue weighted by atomic mass is 10.2. The summed E-state index contributed by atoms with van der Waals surface area (Å²) in [6.45, 7) is 1.09. The molecule has 1 aliphatic carbocycles. The molecule has 1 fully saturated rings. The van der Waals surface area contributed by atoms with Crippen molar-refractivity contribution < 1.29 is 19.1 Å². The number of nitrogens with one attached hydrogen (secondary N) is 1. The smallest absolute Gasteiger partial charge is 0.260 e. The van der Waals surface area contributed by atoms with Gasteiger partial charge in [-0.25, -0.2) is 4.98 Å². The van der Waals surface area contributed by atoms with Crippen LogP contribution in [-0.2, 0) is 22.6 Å². The number of benzene rings is 1. The lowest BCUT2D eigenvalue weighted by molar-refractivity contribution is -0.134. The van der Waals surface area contributed by atoms with Crippen LogP contribution in [0, 0.1) is 5.92 Å². The molecule has 27 heavy (non-hydrogen) atoms. The zero-order chi connectivity index (χ0) is 18.8. The van der Waals surface area contributed by atoms with Gasteiger partial charge in [0.15, 0.2) is 11.7 Å². The average molecular weight is 387 g/mol. The van der Waals surface area contributed by atoms with Gasteiger partial charge in [0.25, 0.3) is 5.91 Å². The molecule has 0 unspecified atom stereocenters. The van der Waals surface area contributed by atoms with E-state index in [2.05, 4.69) is 10.3 Å². The lowest BCUT2D eigenvalue weighted by Crippen LogP contribution is -2.38. The Morgan fingerprint density at radius 3 is 2.93 bits per heavy atom. The summed E-state index contributed by atoms with van der Waals surface area (Å²) in [5.41, 5.74) is 0.976. The molecule has 8 heteroatoms. The SMILES string of the molecule is COc1cccc(OCC(=O)N2CCc3nc(NC(=O)C4CC4)sc3C2)c1. The van der Waals surface area contributed by atoms with E-state index in [-0.39, 0.29) is 24.3 Å². The number of anilines is 1. The van der Waals surface area contributed by atoms with Gasteiger partial charge in [0.1, 0.15) is 11.5 Å². The zero-order valence-electron chi connectivity index (χ0n) is 15.1. The number of rotatable bonds is 6. The molecular formula is C19H21N3O4S. The minimum absolute atomic E-state index is 0.0213. The van der Waals surface area contributed by atoms with Gasteiger partial charge in [-0.05, 0) is 25.0 Å². The lowest BCUT2D eigenvalue weighted by Gasteiger charge is -2.26. The summed E-state index contributed by atoms with van der Waals surface area (Å²) < 4.78 is 10.8. The summed E-state index contributed by atoms with van der Waals surface area (Å²) in [5.74, 6) is 1.43. The molecule has 0 spiro atoms. The second kappa shape index (κ2) is 7.56. The molecule has 2 aliphatic rings. The van der Waals surface area contributed by atoms with Gasteiger partial charge in [-0.3, -0.25) is 9.59 Å². The first-order valence-corrected chi connectivity index (χ1v) is 9.78. The van der Waals surface area contributed by atoms with E-state index in [4.69, 9.17) is 9.47 Å². The van der Waals surface area contributed by atoms with Crippen molar-refractivity contribution in [3.05, 3.63) is 34.8 Å². The zero-order valence-corrected chi connectivity index (χ0v) is 15.9. The number of amides is 2. The predicted octanol–water partition coefficient (Wildman–Crippen LogP) is 2.46. The fourth-order valence-electron chi connectivity index (χ4n) is 2.94. The second-order valence-electron chi connectivity index (χ2n) is 6.69. The van der Waals surface area contributed by atoms with Crippen molar-refractivity contribution in [1.82, 2.24) is 9.88 Å². The van der Waals surface area contributed by atoms with Gasteiger partial charge in [-0.1, -0.05) is 17.4 Å². The van der Waals surface area contributed by atoms with Crippen molar-refractivity contribution in [3.8, 4) is 11.5 Å². The maximum atomic E-state index is 12.5. The summed E-state index contributed by atoms with van der Waals surface area (Å²) in [7, 11) is 1.59. The number of ether oxygens (including phenoxy) is 2. The number of thiazole rings is 1. The molecule has 1 aromatic heterocycles. The van der Waals surface area contributed by atoms with E-state index in [9.17, 15) is 9.59 Å². The Morgan fingerprint density at radius 2 is 2.15 bits per heavy atom. The minimum Gasteiger partial charge on any atom is -0.497 e. The number of carbonyl (C=O) groups excluding carboxylic acids is 2. The highest BCUT2D eigenvalue weighted by Gasteiger charge is 2.31. The molecule has 1 aliphatic heterocycles. The van der Waals surface area contributed by atoms with Crippen LogP contribution in [0.3, 0.4) is 0 Å². The van der Waals surface area contributed by atoms with Crippen molar-refractivity contribution >= 4 is 28.3 Å². The molecule has 2 amide bonds. The molecule has 1 N–H and O–H groups in total. The van der Waals surface area contributed by atoms with E-state index in [1.165, 1.54) is 11.3 Å². The Hall–Kier alpha value is -2.61. The van der Waals surface area contributed by atoms with Crippen LogP contribution in [-0.4, -0.2) is 42.0 Å². The topological polar surface area (TPSA) is 80.8 Å². The Balaban J connectivity index is 1.33. The Bertz CT molecular complexity index is 862. The van der Waals surface area contributed by atoms with E-state index in [0.29, 0.717) is 36.1 Å². The number of hydrogen-bond acceptors (Lipinski definition) is 6. The number of nitrogens with zero attached hydrogens (tertiary/aromatic N) is 2. The second-order valence-corrected chi connectivity index (χ2v) is 7.77. The maximum Gasteiger partial charge on any atom is 0.260 e. The molecule has 2 heterocycles. The third kappa shape index (κ3) is 4.21. The van der Waals surface area contributed by atoms with E-state index in [1.54, 1.807) is 24.1 Å². The Kier molecular flexibility index (Phi) is 4.98. The van der Waals surface area contributed by atoms with Gasteiger partial charge in [0.2, 0.25) is 5.91 Å². The fraction of sp³-hybridized carbons (Fsp3) is 0.421. The monoisotopic (exact) mass is 387 g/mol.